The minimum absolute atomic E-state index is 0.347. The number of sulfone groups is 1. The Morgan fingerprint density at radius 2 is 2.00 bits per heavy atom. The average Bonchev–Trinajstić information content (AvgIpc) is 2.02. The zero-order valence-corrected chi connectivity index (χ0v) is 10.1. The van der Waals surface area contributed by atoms with E-state index in [9.17, 15) is 13.2 Å². The molecule has 0 spiro atoms. The fourth-order valence-corrected chi connectivity index (χ4v) is 1.78. The van der Waals surface area contributed by atoms with Crippen LogP contribution in [0.1, 0.15) is 13.3 Å². The number of rotatable bonds is 6. The minimum Gasteiger partial charge on any atom is -0.342 e. The van der Waals surface area contributed by atoms with Gasteiger partial charge in [0, 0.05) is 25.2 Å². The van der Waals surface area contributed by atoms with Crippen molar-refractivity contribution in [3.8, 4) is 0 Å². The molecule has 0 fully saturated rings. The van der Waals surface area contributed by atoms with Gasteiger partial charge in [-0.2, -0.15) is 0 Å². The zero-order valence-electron chi connectivity index (χ0n) is 8.49. The number of carbonyl (C=O) groups is 1. The second-order valence-electron chi connectivity index (χ2n) is 3.09. The molecule has 6 heteroatoms. The summed E-state index contributed by atoms with van der Waals surface area (Å²) in [5.41, 5.74) is 0. The van der Waals surface area contributed by atoms with Crippen molar-refractivity contribution in [2.75, 3.05) is 31.0 Å². The maximum Gasteiger partial charge on any atom is 0.237 e. The summed E-state index contributed by atoms with van der Waals surface area (Å²) in [6.45, 7) is 2.86. The van der Waals surface area contributed by atoms with Crippen LogP contribution in [-0.4, -0.2) is 50.2 Å². The largest absolute Gasteiger partial charge is 0.342 e. The highest BCUT2D eigenvalue weighted by Crippen LogP contribution is 1.97. The van der Waals surface area contributed by atoms with Crippen molar-refractivity contribution in [2.24, 2.45) is 0 Å². The van der Waals surface area contributed by atoms with Crippen molar-refractivity contribution in [3.05, 3.63) is 0 Å². The van der Waals surface area contributed by atoms with Crippen LogP contribution in [-0.2, 0) is 14.6 Å². The van der Waals surface area contributed by atoms with Gasteiger partial charge in [0.15, 0.2) is 9.84 Å². The quantitative estimate of drug-likeness (QED) is 0.637. The van der Waals surface area contributed by atoms with Crippen molar-refractivity contribution in [1.82, 2.24) is 4.90 Å². The maximum absolute atomic E-state index is 11.4. The van der Waals surface area contributed by atoms with Gasteiger partial charge in [-0.3, -0.25) is 4.79 Å². The Hall–Kier alpha value is -0.290. The Morgan fingerprint density at radius 3 is 2.36 bits per heavy atom. The summed E-state index contributed by atoms with van der Waals surface area (Å²) in [5.74, 6) is -0.286. The summed E-state index contributed by atoms with van der Waals surface area (Å²) in [5, 5.41) is 0. The van der Waals surface area contributed by atoms with E-state index >= 15 is 0 Å². The first-order valence-corrected chi connectivity index (χ1v) is 7.01. The fraction of sp³-hybridized carbons (Fsp3) is 0.875. The van der Waals surface area contributed by atoms with Crippen LogP contribution in [0.15, 0.2) is 0 Å². The third kappa shape index (κ3) is 6.21. The highest BCUT2D eigenvalue weighted by Gasteiger charge is 2.16. The van der Waals surface area contributed by atoms with Gasteiger partial charge in [0.05, 0.1) is 0 Å². The average molecular weight is 242 g/mol. The van der Waals surface area contributed by atoms with E-state index in [1.165, 1.54) is 4.90 Å². The second-order valence-corrected chi connectivity index (χ2v) is 5.60. The molecule has 0 saturated carbocycles. The van der Waals surface area contributed by atoms with Crippen molar-refractivity contribution < 1.29 is 13.2 Å². The molecule has 0 radical (unpaired) electrons. The smallest absolute Gasteiger partial charge is 0.237 e. The molecule has 0 atom stereocenters. The van der Waals surface area contributed by atoms with Gasteiger partial charge in [-0.15, -0.1) is 11.6 Å². The van der Waals surface area contributed by atoms with Gasteiger partial charge in [-0.05, 0) is 13.3 Å². The number of amides is 1. The first kappa shape index (κ1) is 13.7. The first-order valence-electron chi connectivity index (χ1n) is 4.42. The van der Waals surface area contributed by atoms with Crippen LogP contribution in [0.2, 0.25) is 0 Å². The molecule has 0 heterocycles. The van der Waals surface area contributed by atoms with Crippen molar-refractivity contribution in [3.63, 3.8) is 0 Å². The third-order valence-electron chi connectivity index (χ3n) is 1.68. The molecule has 0 unspecified atom stereocenters. The summed E-state index contributed by atoms with van der Waals surface area (Å²) in [6.07, 6.45) is 1.74. The van der Waals surface area contributed by atoms with Crippen molar-refractivity contribution >= 4 is 27.3 Å². The van der Waals surface area contributed by atoms with E-state index in [2.05, 4.69) is 0 Å². The lowest BCUT2D eigenvalue weighted by atomic mass is 10.4. The molecule has 84 valence electrons. The molecular formula is C8H16ClNO3S. The number of alkyl halides is 1. The van der Waals surface area contributed by atoms with Gasteiger partial charge in [0.2, 0.25) is 5.91 Å². The SMILES string of the molecule is CCN(CCCCl)C(=O)CS(C)(=O)=O. The number of hydrogen-bond donors (Lipinski definition) is 0. The van der Waals surface area contributed by atoms with Crippen LogP contribution in [0.25, 0.3) is 0 Å². The van der Waals surface area contributed by atoms with Gasteiger partial charge in [0.25, 0.3) is 0 Å². The minimum atomic E-state index is -3.23. The molecule has 14 heavy (non-hydrogen) atoms. The van der Waals surface area contributed by atoms with Crippen molar-refractivity contribution in [1.29, 1.82) is 0 Å². The van der Waals surface area contributed by atoms with Gasteiger partial charge in [0.1, 0.15) is 5.75 Å². The lowest BCUT2D eigenvalue weighted by molar-refractivity contribution is -0.128. The third-order valence-corrected chi connectivity index (χ3v) is 2.72. The maximum atomic E-state index is 11.4. The lowest BCUT2D eigenvalue weighted by Crippen LogP contribution is -2.36. The lowest BCUT2D eigenvalue weighted by Gasteiger charge is -2.19. The first-order chi connectivity index (χ1) is 6.40. The van der Waals surface area contributed by atoms with Gasteiger partial charge in [-0.25, -0.2) is 8.42 Å². The number of nitrogens with zero attached hydrogens (tertiary/aromatic N) is 1. The van der Waals surface area contributed by atoms with Crippen LogP contribution in [0, 0.1) is 0 Å². The van der Waals surface area contributed by atoms with Crippen molar-refractivity contribution in [2.45, 2.75) is 13.3 Å². The monoisotopic (exact) mass is 241 g/mol. The second kappa shape index (κ2) is 6.24. The summed E-state index contributed by atoms with van der Waals surface area (Å²) < 4.78 is 21.7. The molecule has 0 aliphatic carbocycles. The Labute approximate surface area is 90.1 Å². The summed E-state index contributed by atoms with van der Waals surface area (Å²) in [4.78, 5) is 12.9. The predicted molar refractivity (Wildman–Crippen MR) is 57.3 cm³/mol. The Balaban J connectivity index is 4.18. The molecule has 0 rings (SSSR count). The molecule has 0 bridgehead atoms. The Kier molecular flexibility index (Phi) is 6.11. The van der Waals surface area contributed by atoms with Crippen LogP contribution >= 0.6 is 11.6 Å². The van der Waals surface area contributed by atoms with Crippen LogP contribution in [0.3, 0.4) is 0 Å². The van der Waals surface area contributed by atoms with E-state index in [4.69, 9.17) is 11.6 Å². The van der Waals surface area contributed by atoms with E-state index in [1.54, 1.807) is 0 Å². The van der Waals surface area contributed by atoms with Gasteiger partial charge < -0.3 is 4.90 Å². The molecule has 0 aromatic rings. The predicted octanol–water partition coefficient (Wildman–Crippen LogP) is 0.508. The molecule has 0 N–H and O–H groups in total. The number of carbonyl (C=O) groups excluding carboxylic acids is 1. The molecule has 0 saturated heterocycles. The van der Waals surface area contributed by atoms with Gasteiger partial charge >= 0.3 is 0 Å². The molecule has 0 aliphatic heterocycles. The fourth-order valence-electron chi connectivity index (χ4n) is 1.03. The standard InChI is InChI=1S/C8H16ClNO3S/c1-3-10(6-4-5-9)8(11)7-14(2,12)13/h3-7H2,1-2H3. The topological polar surface area (TPSA) is 54.5 Å². The summed E-state index contributed by atoms with van der Waals surface area (Å²) >= 11 is 5.48. The van der Waals surface area contributed by atoms with Gasteiger partial charge in [-0.1, -0.05) is 0 Å². The van der Waals surface area contributed by atoms with Crippen LogP contribution in [0.4, 0.5) is 0 Å². The summed E-state index contributed by atoms with van der Waals surface area (Å²) in [7, 11) is -3.23. The highest BCUT2D eigenvalue weighted by molar-refractivity contribution is 7.91. The van der Waals surface area contributed by atoms with Crippen LogP contribution in [0.5, 0.6) is 0 Å². The van der Waals surface area contributed by atoms with Crippen LogP contribution < -0.4 is 0 Å². The van der Waals surface area contributed by atoms with E-state index in [0.29, 0.717) is 25.4 Å². The molecule has 0 aromatic heterocycles. The number of halogens is 1. The molecule has 0 aromatic carbocycles. The van der Waals surface area contributed by atoms with E-state index in [0.717, 1.165) is 6.26 Å². The molecule has 1 amide bonds. The molecule has 4 nitrogen and oxygen atoms in total. The highest BCUT2D eigenvalue weighted by atomic mass is 35.5. The normalized spacial score (nSPS) is 11.4. The van der Waals surface area contributed by atoms with E-state index in [1.807, 2.05) is 6.92 Å². The number of hydrogen-bond acceptors (Lipinski definition) is 3. The Morgan fingerprint density at radius 1 is 1.43 bits per heavy atom. The Bertz CT molecular complexity index is 276. The zero-order chi connectivity index (χ0) is 11.2. The molecular weight excluding hydrogens is 226 g/mol. The van der Waals surface area contributed by atoms with E-state index in [-0.39, 0.29) is 5.91 Å². The molecule has 0 aliphatic rings. The summed E-state index contributed by atoms with van der Waals surface area (Å²) in [6, 6.07) is 0. The van der Waals surface area contributed by atoms with E-state index < -0.39 is 15.6 Å².